The van der Waals surface area contributed by atoms with E-state index in [1.54, 1.807) is 6.92 Å². The summed E-state index contributed by atoms with van der Waals surface area (Å²) in [5.74, 6) is -6.75. The second-order valence-electron chi connectivity index (χ2n) is 6.88. The van der Waals surface area contributed by atoms with Gasteiger partial charge in [0.15, 0.2) is 34.4 Å². The number of carboxylic acids is 1. The summed E-state index contributed by atoms with van der Waals surface area (Å²) in [4.78, 5) is 15.4. The third-order valence-electron chi connectivity index (χ3n) is 4.62. The topological polar surface area (TPSA) is 103 Å². The van der Waals surface area contributed by atoms with Gasteiger partial charge in [-0.05, 0) is 54.9 Å². The molecule has 1 heterocycles. The van der Waals surface area contributed by atoms with E-state index in [9.17, 15) is 31.7 Å². The molecule has 0 aliphatic heterocycles. The lowest BCUT2D eigenvalue weighted by molar-refractivity contribution is 0.0697. The summed E-state index contributed by atoms with van der Waals surface area (Å²) >= 11 is -1.84. The molecule has 0 fully saturated rings. The molecule has 33 heavy (non-hydrogen) atoms. The van der Waals surface area contributed by atoms with Gasteiger partial charge in [0, 0.05) is 12.6 Å². The largest absolute Gasteiger partial charge is 0.478 e. The van der Waals surface area contributed by atoms with E-state index < -0.39 is 69.5 Å². The second-order valence-corrected chi connectivity index (χ2v) is 8.03. The Balaban J connectivity index is 2.03. The Morgan fingerprint density at radius 3 is 2.42 bits per heavy atom. The fourth-order valence-corrected chi connectivity index (χ4v) is 3.41. The van der Waals surface area contributed by atoms with Gasteiger partial charge in [-0.1, -0.05) is 6.07 Å². The van der Waals surface area contributed by atoms with Crippen molar-refractivity contribution in [3.63, 3.8) is 0 Å². The van der Waals surface area contributed by atoms with Crippen LogP contribution in [0.4, 0.5) is 34.8 Å². The van der Waals surface area contributed by atoms with Gasteiger partial charge in [-0.15, -0.1) is 0 Å². The van der Waals surface area contributed by atoms with Gasteiger partial charge in [0.2, 0.25) is 0 Å². The lowest BCUT2D eigenvalue weighted by atomic mass is 10.00. The molecule has 3 aromatic rings. The zero-order valence-electron chi connectivity index (χ0n) is 17.3. The third-order valence-corrected chi connectivity index (χ3v) is 5.37. The van der Waals surface area contributed by atoms with E-state index in [-0.39, 0.29) is 11.3 Å². The Morgan fingerprint density at radius 2 is 1.79 bits per heavy atom. The van der Waals surface area contributed by atoms with Crippen LogP contribution in [0, 0.1) is 30.2 Å². The van der Waals surface area contributed by atoms with Crippen molar-refractivity contribution < 1.29 is 31.7 Å². The summed E-state index contributed by atoms with van der Waals surface area (Å²) in [7, 11) is 1.36. The number of halogens is 4. The van der Waals surface area contributed by atoms with Crippen molar-refractivity contribution in [1.82, 2.24) is 9.71 Å². The molecular formula is C21H18F4N4O3S. The smallest absolute Gasteiger partial charge is 0.337 e. The Hall–Kier alpha value is -3.51. The van der Waals surface area contributed by atoms with Crippen LogP contribution in [-0.2, 0) is 17.6 Å². The molecule has 0 aliphatic rings. The van der Waals surface area contributed by atoms with Crippen LogP contribution in [0.1, 0.15) is 27.0 Å². The number of carboxylic acid groups (broad SMARTS) is 1. The number of aryl methyl sites for hydroxylation is 1. The second kappa shape index (κ2) is 9.96. The number of nitrogens with zero attached hydrogens (tertiary/aromatic N) is 1. The van der Waals surface area contributed by atoms with Crippen molar-refractivity contribution in [2.75, 3.05) is 17.1 Å². The van der Waals surface area contributed by atoms with E-state index in [1.165, 1.54) is 25.2 Å². The van der Waals surface area contributed by atoms with Crippen molar-refractivity contribution in [2.45, 2.75) is 13.3 Å². The van der Waals surface area contributed by atoms with Crippen molar-refractivity contribution >= 4 is 34.3 Å². The summed E-state index contributed by atoms with van der Waals surface area (Å²) in [5.41, 5.74) is -1.72. The predicted molar refractivity (Wildman–Crippen MR) is 116 cm³/mol. The molecule has 0 saturated carbocycles. The average Bonchev–Trinajstić information content (AvgIpc) is 2.77. The van der Waals surface area contributed by atoms with Crippen LogP contribution in [-0.4, -0.2) is 27.3 Å². The number of aromatic carboxylic acids is 1. The highest BCUT2D eigenvalue weighted by molar-refractivity contribution is 7.84. The molecule has 0 amide bonds. The molecule has 2 aromatic carbocycles. The van der Waals surface area contributed by atoms with Crippen molar-refractivity contribution in [1.29, 1.82) is 0 Å². The molecule has 0 bridgehead atoms. The minimum Gasteiger partial charge on any atom is -0.478 e. The fourth-order valence-electron chi connectivity index (χ4n) is 2.99. The van der Waals surface area contributed by atoms with Gasteiger partial charge < -0.3 is 10.4 Å². The molecule has 3 rings (SSSR count). The number of aromatic nitrogens is 1. The zero-order chi connectivity index (χ0) is 24.3. The molecule has 174 valence electrons. The first-order valence-corrected chi connectivity index (χ1v) is 10.5. The summed E-state index contributed by atoms with van der Waals surface area (Å²) in [6.45, 7) is 1.63. The van der Waals surface area contributed by atoms with Crippen LogP contribution in [0.15, 0.2) is 36.5 Å². The van der Waals surface area contributed by atoms with Crippen LogP contribution < -0.4 is 14.8 Å². The SMILES string of the molecule is CNS(=O)Nc1nccc(Cc2cc(C(=O)O)c(Nc3ccc(C)cc3F)c(F)c2F)c1F. The Kier molecular flexibility index (Phi) is 7.29. The van der Waals surface area contributed by atoms with Gasteiger partial charge in [-0.2, -0.15) is 0 Å². The highest BCUT2D eigenvalue weighted by Gasteiger charge is 2.24. The maximum Gasteiger partial charge on any atom is 0.337 e. The quantitative estimate of drug-likeness (QED) is 0.361. The van der Waals surface area contributed by atoms with E-state index >= 15 is 0 Å². The number of nitrogens with one attached hydrogen (secondary N) is 3. The molecule has 1 aromatic heterocycles. The van der Waals surface area contributed by atoms with Crippen LogP contribution in [0.2, 0.25) is 0 Å². The maximum atomic E-state index is 14.9. The molecule has 1 atom stereocenters. The normalized spacial score (nSPS) is 11.8. The first-order chi connectivity index (χ1) is 15.6. The van der Waals surface area contributed by atoms with E-state index in [0.29, 0.717) is 5.56 Å². The van der Waals surface area contributed by atoms with Gasteiger partial charge in [0.05, 0.1) is 16.9 Å². The number of pyridine rings is 1. The summed E-state index contributed by atoms with van der Waals surface area (Å²) in [6, 6.07) is 5.94. The van der Waals surface area contributed by atoms with Crippen LogP contribution >= 0.6 is 0 Å². The van der Waals surface area contributed by atoms with Gasteiger partial charge in [-0.3, -0.25) is 4.72 Å². The van der Waals surface area contributed by atoms with Crippen molar-refractivity contribution in [3.05, 3.63) is 82.1 Å². The van der Waals surface area contributed by atoms with Crippen LogP contribution in [0.3, 0.4) is 0 Å². The van der Waals surface area contributed by atoms with Gasteiger partial charge >= 0.3 is 5.97 Å². The molecule has 1 unspecified atom stereocenters. The molecule has 0 spiro atoms. The number of hydrogen-bond donors (Lipinski definition) is 4. The lowest BCUT2D eigenvalue weighted by Gasteiger charge is -2.15. The Labute approximate surface area is 188 Å². The Morgan fingerprint density at radius 1 is 1.06 bits per heavy atom. The van der Waals surface area contributed by atoms with Crippen molar-refractivity contribution in [3.8, 4) is 0 Å². The van der Waals surface area contributed by atoms with E-state index in [0.717, 1.165) is 18.3 Å². The molecule has 0 saturated heterocycles. The first kappa shape index (κ1) is 24.1. The number of hydrogen-bond acceptors (Lipinski definition) is 4. The average molecular weight is 482 g/mol. The fraction of sp³-hybridized carbons (Fsp3) is 0.143. The van der Waals surface area contributed by atoms with E-state index in [2.05, 4.69) is 19.7 Å². The highest BCUT2D eigenvalue weighted by atomic mass is 32.2. The molecule has 4 N–H and O–H groups in total. The minimum atomic E-state index is -1.84. The van der Waals surface area contributed by atoms with E-state index in [1.807, 2.05) is 0 Å². The first-order valence-electron chi connectivity index (χ1n) is 9.38. The molecular weight excluding hydrogens is 464 g/mol. The summed E-state index contributed by atoms with van der Waals surface area (Å²) in [5, 5.41) is 11.8. The standard InChI is InChI=1S/C21H18F4N4O3S/c1-10-3-4-15(14(22)7-10)28-19-13(21(30)31)9-12(16(23)18(19)25)8-11-5-6-27-20(17(11)24)29-33(32)26-2/h3-7,9,26,28H,8H2,1-2H3,(H,27,29)(H,30,31). The van der Waals surface area contributed by atoms with E-state index in [4.69, 9.17) is 0 Å². The van der Waals surface area contributed by atoms with Crippen LogP contribution in [0.25, 0.3) is 0 Å². The Bertz CT molecular complexity index is 1260. The predicted octanol–water partition coefficient (Wildman–Crippen LogP) is 4.19. The highest BCUT2D eigenvalue weighted by Crippen LogP contribution is 2.32. The van der Waals surface area contributed by atoms with Crippen LogP contribution in [0.5, 0.6) is 0 Å². The summed E-state index contributed by atoms with van der Waals surface area (Å²) in [6.07, 6.45) is 0.632. The molecule has 0 radical (unpaired) electrons. The van der Waals surface area contributed by atoms with Gasteiger partial charge in [0.1, 0.15) is 5.82 Å². The molecule has 7 nitrogen and oxygen atoms in total. The number of carbonyl (C=O) groups is 1. The zero-order valence-corrected chi connectivity index (χ0v) is 18.1. The van der Waals surface area contributed by atoms with Crippen molar-refractivity contribution in [2.24, 2.45) is 0 Å². The third kappa shape index (κ3) is 5.29. The summed E-state index contributed by atoms with van der Waals surface area (Å²) < 4.78 is 74.7. The molecule has 12 heteroatoms. The number of anilines is 3. The molecule has 0 aliphatic carbocycles. The number of rotatable bonds is 8. The maximum absolute atomic E-state index is 14.9. The number of benzene rings is 2. The monoisotopic (exact) mass is 482 g/mol. The minimum absolute atomic E-state index is 0.152. The lowest BCUT2D eigenvalue weighted by Crippen LogP contribution is -2.20. The van der Waals surface area contributed by atoms with Gasteiger partial charge in [-0.25, -0.2) is 36.3 Å². The van der Waals surface area contributed by atoms with Gasteiger partial charge in [0.25, 0.3) is 0 Å².